The van der Waals surface area contributed by atoms with Crippen molar-refractivity contribution in [2.45, 2.75) is 32.9 Å². The van der Waals surface area contributed by atoms with E-state index < -0.39 is 0 Å². The first-order valence-corrected chi connectivity index (χ1v) is 9.08. The fourth-order valence-electron chi connectivity index (χ4n) is 2.28. The van der Waals surface area contributed by atoms with E-state index in [1.54, 1.807) is 46.0 Å². The van der Waals surface area contributed by atoms with Gasteiger partial charge in [-0.25, -0.2) is 9.97 Å². The Bertz CT molecular complexity index is 743. The van der Waals surface area contributed by atoms with Gasteiger partial charge in [-0.05, 0) is 36.2 Å². The van der Waals surface area contributed by atoms with Gasteiger partial charge in [0.05, 0.1) is 18.1 Å². The van der Waals surface area contributed by atoms with E-state index in [0.717, 1.165) is 17.1 Å². The molecule has 1 amide bonds. The Morgan fingerprint density at radius 2 is 2.30 bits per heavy atom. The minimum atomic E-state index is -0.0991. The molecule has 0 radical (unpaired) electrons. The minimum absolute atomic E-state index is 0.0336. The molecule has 0 aliphatic rings. The lowest BCUT2D eigenvalue weighted by Crippen LogP contribution is -2.32. The summed E-state index contributed by atoms with van der Waals surface area (Å²) in [5.41, 5.74) is 2.25. The summed E-state index contributed by atoms with van der Waals surface area (Å²) in [6.07, 6.45) is 5.85. The highest BCUT2D eigenvalue weighted by Gasteiger charge is 2.20. The van der Waals surface area contributed by atoms with Crippen molar-refractivity contribution in [2.75, 3.05) is 0 Å². The maximum Gasteiger partial charge on any atom is 0.240 e. The van der Waals surface area contributed by atoms with E-state index >= 15 is 0 Å². The summed E-state index contributed by atoms with van der Waals surface area (Å²) in [4.78, 5) is 22.1. The lowest BCUT2D eigenvalue weighted by Gasteiger charge is -2.16. The summed E-state index contributed by atoms with van der Waals surface area (Å²) in [7, 11) is 0. The Morgan fingerprint density at radius 1 is 1.43 bits per heavy atom. The maximum atomic E-state index is 12.3. The standard InChI is InChI=1S/C16H18N4OS2/c1-11-12(2)23-16(18-11)14(7-13-3-6-22-9-13)19-15(21)8-20-5-4-17-10-20/h3-6,9-10,14H,7-8H2,1-2H3,(H,19,21). The molecule has 23 heavy (non-hydrogen) atoms. The average molecular weight is 346 g/mol. The Hall–Kier alpha value is -1.99. The average Bonchev–Trinajstić information content (AvgIpc) is 3.23. The summed E-state index contributed by atoms with van der Waals surface area (Å²) in [5.74, 6) is -0.0336. The van der Waals surface area contributed by atoms with Crippen LogP contribution in [0.5, 0.6) is 0 Å². The lowest BCUT2D eigenvalue weighted by atomic mass is 10.1. The first kappa shape index (κ1) is 15.9. The van der Waals surface area contributed by atoms with E-state index in [4.69, 9.17) is 0 Å². The largest absolute Gasteiger partial charge is 0.345 e. The summed E-state index contributed by atoms with van der Waals surface area (Å²) in [6.45, 7) is 4.33. The summed E-state index contributed by atoms with van der Waals surface area (Å²) in [6, 6.07) is 1.99. The molecular weight excluding hydrogens is 328 g/mol. The molecule has 0 aromatic carbocycles. The maximum absolute atomic E-state index is 12.3. The third kappa shape index (κ3) is 4.05. The van der Waals surface area contributed by atoms with Gasteiger partial charge in [0.25, 0.3) is 0 Å². The molecule has 3 rings (SSSR count). The second-order valence-electron chi connectivity index (χ2n) is 5.38. The van der Waals surface area contributed by atoms with Gasteiger partial charge in [-0.3, -0.25) is 4.79 Å². The van der Waals surface area contributed by atoms with Gasteiger partial charge in [0.1, 0.15) is 11.6 Å². The summed E-state index contributed by atoms with van der Waals surface area (Å²) < 4.78 is 1.76. The van der Waals surface area contributed by atoms with Gasteiger partial charge in [0, 0.05) is 23.7 Å². The number of hydrogen-bond donors (Lipinski definition) is 1. The first-order chi connectivity index (χ1) is 11.1. The number of aromatic nitrogens is 3. The van der Waals surface area contributed by atoms with Crippen molar-refractivity contribution in [3.8, 4) is 0 Å². The van der Waals surface area contributed by atoms with Gasteiger partial charge in [-0.2, -0.15) is 11.3 Å². The van der Waals surface area contributed by atoms with Crippen LogP contribution in [-0.2, 0) is 17.8 Å². The van der Waals surface area contributed by atoms with Crippen LogP contribution in [0.25, 0.3) is 0 Å². The van der Waals surface area contributed by atoms with Gasteiger partial charge >= 0.3 is 0 Å². The Balaban J connectivity index is 1.75. The van der Waals surface area contributed by atoms with Crippen molar-refractivity contribution in [3.63, 3.8) is 0 Å². The normalized spacial score (nSPS) is 12.3. The zero-order valence-corrected chi connectivity index (χ0v) is 14.7. The van der Waals surface area contributed by atoms with Crippen molar-refractivity contribution < 1.29 is 4.79 Å². The predicted molar refractivity (Wildman–Crippen MR) is 92.7 cm³/mol. The van der Waals surface area contributed by atoms with Crippen LogP contribution in [0.4, 0.5) is 0 Å². The third-order valence-corrected chi connectivity index (χ3v) is 5.50. The number of aryl methyl sites for hydroxylation is 2. The third-order valence-electron chi connectivity index (χ3n) is 3.58. The van der Waals surface area contributed by atoms with E-state index in [0.29, 0.717) is 0 Å². The predicted octanol–water partition coefficient (Wildman–Crippen LogP) is 3.12. The molecule has 0 saturated carbocycles. The molecule has 1 atom stereocenters. The number of carbonyl (C=O) groups is 1. The molecule has 0 aliphatic heterocycles. The highest BCUT2D eigenvalue weighted by molar-refractivity contribution is 7.11. The second kappa shape index (κ2) is 7.06. The van der Waals surface area contributed by atoms with Crippen LogP contribution in [-0.4, -0.2) is 20.4 Å². The van der Waals surface area contributed by atoms with Crippen molar-refractivity contribution in [1.29, 1.82) is 0 Å². The Labute approximate surface area is 143 Å². The molecule has 0 bridgehead atoms. The molecule has 1 N–H and O–H groups in total. The van der Waals surface area contributed by atoms with Crippen LogP contribution in [0, 0.1) is 13.8 Å². The number of thiophene rings is 1. The van der Waals surface area contributed by atoms with Gasteiger partial charge in [0.2, 0.25) is 5.91 Å². The van der Waals surface area contributed by atoms with Crippen LogP contribution in [0.15, 0.2) is 35.5 Å². The molecule has 0 fully saturated rings. The Kier molecular flexibility index (Phi) is 4.88. The number of amides is 1. The molecule has 1 unspecified atom stereocenters. The van der Waals surface area contributed by atoms with Gasteiger partial charge in [-0.1, -0.05) is 0 Å². The summed E-state index contributed by atoms with van der Waals surface area (Å²) in [5, 5.41) is 8.25. The molecule has 0 saturated heterocycles. The smallest absolute Gasteiger partial charge is 0.240 e. The van der Waals surface area contributed by atoms with Crippen molar-refractivity contribution in [2.24, 2.45) is 0 Å². The number of hydrogen-bond acceptors (Lipinski definition) is 5. The van der Waals surface area contributed by atoms with E-state index in [-0.39, 0.29) is 18.5 Å². The van der Waals surface area contributed by atoms with E-state index in [9.17, 15) is 4.79 Å². The second-order valence-corrected chi connectivity index (χ2v) is 7.40. The van der Waals surface area contributed by atoms with E-state index in [2.05, 4.69) is 39.0 Å². The highest BCUT2D eigenvalue weighted by Crippen LogP contribution is 2.26. The van der Waals surface area contributed by atoms with Gasteiger partial charge < -0.3 is 9.88 Å². The number of rotatable bonds is 6. The Morgan fingerprint density at radius 3 is 2.91 bits per heavy atom. The monoisotopic (exact) mass is 346 g/mol. The molecule has 3 aromatic heterocycles. The van der Waals surface area contributed by atoms with Crippen LogP contribution in [0.3, 0.4) is 0 Å². The molecule has 0 aliphatic carbocycles. The molecule has 5 nitrogen and oxygen atoms in total. The topological polar surface area (TPSA) is 59.8 Å². The minimum Gasteiger partial charge on any atom is -0.345 e. The van der Waals surface area contributed by atoms with Crippen molar-refractivity contribution in [3.05, 3.63) is 56.7 Å². The van der Waals surface area contributed by atoms with Crippen molar-refractivity contribution in [1.82, 2.24) is 19.9 Å². The van der Waals surface area contributed by atoms with Gasteiger partial charge in [0.15, 0.2) is 0 Å². The lowest BCUT2D eigenvalue weighted by molar-refractivity contribution is -0.122. The number of nitrogens with one attached hydrogen (secondary N) is 1. The number of carbonyl (C=O) groups excluding carboxylic acids is 1. The zero-order valence-electron chi connectivity index (χ0n) is 13.0. The van der Waals surface area contributed by atoms with Crippen LogP contribution in [0.1, 0.15) is 27.2 Å². The zero-order chi connectivity index (χ0) is 16.2. The molecule has 3 heterocycles. The van der Waals surface area contributed by atoms with Gasteiger partial charge in [-0.15, -0.1) is 11.3 Å². The van der Waals surface area contributed by atoms with Crippen molar-refractivity contribution >= 4 is 28.6 Å². The first-order valence-electron chi connectivity index (χ1n) is 7.32. The SMILES string of the molecule is Cc1nc(C(Cc2ccsc2)NC(=O)Cn2ccnc2)sc1C. The fourth-order valence-corrected chi connectivity index (χ4v) is 3.93. The number of nitrogens with zero attached hydrogens (tertiary/aromatic N) is 3. The molecule has 0 spiro atoms. The van der Waals surface area contributed by atoms with Crippen LogP contribution < -0.4 is 5.32 Å². The molecular formula is C16H18N4OS2. The van der Waals surface area contributed by atoms with E-state index in [1.807, 2.05) is 6.92 Å². The molecule has 3 aromatic rings. The van der Waals surface area contributed by atoms with Crippen LogP contribution in [0.2, 0.25) is 0 Å². The van der Waals surface area contributed by atoms with Crippen LogP contribution >= 0.6 is 22.7 Å². The number of thiazole rings is 1. The fraction of sp³-hybridized carbons (Fsp3) is 0.312. The molecule has 7 heteroatoms. The highest BCUT2D eigenvalue weighted by atomic mass is 32.1. The number of imidazole rings is 1. The quantitative estimate of drug-likeness (QED) is 0.746. The summed E-state index contributed by atoms with van der Waals surface area (Å²) >= 11 is 3.32. The molecule has 120 valence electrons. The van der Waals surface area contributed by atoms with E-state index in [1.165, 1.54) is 10.4 Å².